The number of aromatic nitrogens is 2. The standard InChI is InChI=1S/C17H15N2O2S/c20-15(14-5-2-1-3-6-14)11-18-8-9-19(13-18)12-16(21)17-7-4-10-22-17/h1-10,13H,11-12H2/q+1. The lowest BCUT2D eigenvalue weighted by Gasteiger charge is -1.97. The van der Waals surface area contributed by atoms with Crippen LogP contribution in [0.2, 0.25) is 0 Å². The molecule has 110 valence electrons. The third-order valence-corrected chi connectivity index (χ3v) is 4.20. The number of rotatable bonds is 6. The minimum Gasteiger partial charge on any atom is -0.290 e. The molecule has 0 radical (unpaired) electrons. The van der Waals surface area contributed by atoms with E-state index in [2.05, 4.69) is 0 Å². The molecular weight excluding hydrogens is 296 g/mol. The molecule has 0 saturated heterocycles. The lowest BCUT2D eigenvalue weighted by molar-refractivity contribution is -0.682. The Balaban J connectivity index is 1.64. The third kappa shape index (κ3) is 3.38. The fourth-order valence-corrected chi connectivity index (χ4v) is 2.84. The normalized spacial score (nSPS) is 10.5. The van der Waals surface area contributed by atoms with Gasteiger partial charge in [-0.3, -0.25) is 9.59 Å². The van der Waals surface area contributed by atoms with E-state index in [4.69, 9.17) is 0 Å². The topological polar surface area (TPSA) is 43.0 Å². The summed E-state index contributed by atoms with van der Waals surface area (Å²) in [6.45, 7) is 0.553. The van der Waals surface area contributed by atoms with Crippen molar-refractivity contribution >= 4 is 22.9 Å². The van der Waals surface area contributed by atoms with E-state index in [-0.39, 0.29) is 24.7 Å². The van der Waals surface area contributed by atoms with Gasteiger partial charge in [0.05, 0.1) is 4.88 Å². The Kier molecular flexibility index (Phi) is 4.25. The van der Waals surface area contributed by atoms with Gasteiger partial charge in [-0.25, -0.2) is 9.13 Å². The van der Waals surface area contributed by atoms with Gasteiger partial charge in [-0.15, -0.1) is 11.3 Å². The molecule has 2 heterocycles. The molecule has 0 spiro atoms. The Morgan fingerprint density at radius 1 is 1.05 bits per heavy atom. The summed E-state index contributed by atoms with van der Waals surface area (Å²) in [6, 6.07) is 12.9. The summed E-state index contributed by atoms with van der Waals surface area (Å²) in [6.07, 6.45) is 5.40. The number of carbonyl (C=O) groups is 2. The summed E-state index contributed by atoms with van der Waals surface area (Å²) in [7, 11) is 0. The maximum Gasteiger partial charge on any atom is 0.244 e. The molecule has 4 nitrogen and oxygen atoms in total. The van der Waals surface area contributed by atoms with Crippen LogP contribution < -0.4 is 4.57 Å². The van der Waals surface area contributed by atoms with Gasteiger partial charge in [0.15, 0.2) is 13.1 Å². The minimum absolute atomic E-state index is 0.0490. The summed E-state index contributed by atoms with van der Waals surface area (Å²) in [5.41, 5.74) is 0.692. The van der Waals surface area contributed by atoms with E-state index < -0.39 is 0 Å². The van der Waals surface area contributed by atoms with Crippen molar-refractivity contribution in [1.82, 2.24) is 4.57 Å². The van der Waals surface area contributed by atoms with Gasteiger partial charge in [-0.2, -0.15) is 0 Å². The highest BCUT2D eigenvalue weighted by Gasteiger charge is 2.14. The van der Waals surface area contributed by atoms with E-state index in [9.17, 15) is 9.59 Å². The van der Waals surface area contributed by atoms with Gasteiger partial charge < -0.3 is 0 Å². The Hall–Kier alpha value is -2.53. The zero-order valence-electron chi connectivity index (χ0n) is 11.9. The van der Waals surface area contributed by atoms with E-state index in [0.717, 1.165) is 4.88 Å². The molecule has 3 aromatic rings. The molecule has 0 atom stereocenters. The Bertz CT molecular complexity index is 776. The predicted molar refractivity (Wildman–Crippen MR) is 84.0 cm³/mol. The van der Waals surface area contributed by atoms with Crippen molar-refractivity contribution in [2.45, 2.75) is 13.1 Å². The molecule has 0 bridgehead atoms. The summed E-state index contributed by atoms with van der Waals surface area (Å²) < 4.78 is 3.58. The molecule has 1 aromatic carbocycles. The van der Waals surface area contributed by atoms with Crippen molar-refractivity contribution < 1.29 is 14.2 Å². The highest BCUT2D eigenvalue weighted by atomic mass is 32.1. The maximum atomic E-state index is 12.1. The number of carbonyl (C=O) groups excluding carboxylic acids is 2. The number of hydrogen-bond acceptors (Lipinski definition) is 3. The number of ketones is 2. The lowest BCUT2D eigenvalue weighted by atomic mass is 10.1. The van der Waals surface area contributed by atoms with Crippen LogP contribution in [-0.2, 0) is 13.1 Å². The van der Waals surface area contributed by atoms with Gasteiger partial charge in [-0.05, 0) is 11.4 Å². The molecule has 0 saturated carbocycles. The SMILES string of the molecule is O=C(Cn1cc[n+](CC(=O)c2cccs2)c1)c1ccccc1. The van der Waals surface area contributed by atoms with E-state index in [1.807, 2.05) is 48.1 Å². The van der Waals surface area contributed by atoms with Crippen molar-refractivity contribution in [3.63, 3.8) is 0 Å². The largest absolute Gasteiger partial charge is 0.290 e. The zero-order valence-corrected chi connectivity index (χ0v) is 12.7. The fraction of sp³-hybridized carbons (Fsp3) is 0.118. The first-order valence-corrected chi connectivity index (χ1v) is 7.80. The zero-order chi connectivity index (χ0) is 15.4. The number of hydrogen-bond donors (Lipinski definition) is 0. The molecule has 5 heteroatoms. The highest BCUT2D eigenvalue weighted by Crippen LogP contribution is 2.09. The predicted octanol–water partition coefficient (Wildman–Crippen LogP) is 2.60. The van der Waals surface area contributed by atoms with E-state index in [1.165, 1.54) is 11.3 Å². The van der Waals surface area contributed by atoms with Crippen LogP contribution in [0.4, 0.5) is 0 Å². The molecule has 0 aliphatic heterocycles. The van der Waals surface area contributed by atoms with Crippen LogP contribution in [0, 0.1) is 0 Å². The highest BCUT2D eigenvalue weighted by molar-refractivity contribution is 7.12. The molecule has 0 unspecified atom stereocenters. The molecule has 0 amide bonds. The second-order valence-corrected chi connectivity index (χ2v) is 5.90. The Morgan fingerprint density at radius 2 is 1.86 bits per heavy atom. The summed E-state index contributed by atoms with van der Waals surface area (Å²) in [5.74, 6) is 0.125. The number of imidazole rings is 1. The third-order valence-electron chi connectivity index (χ3n) is 3.29. The lowest BCUT2D eigenvalue weighted by Crippen LogP contribution is -2.35. The summed E-state index contributed by atoms with van der Waals surface area (Å²) >= 11 is 1.44. The molecule has 0 N–H and O–H groups in total. The van der Waals surface area contributed by atoms with Crippen LogP contribution in [0.25, 0.3) is 0 Å². The van der Waals surface area contributed by atoms with Gasteiger partial charge in [0.2, 0.25) is 17.9 Å². The second-order valence-electron chi connectivity index (χ2n) is 4.95. The van der Waals surface area contributed by atoms with Gasteiger partial charge in [-0.1, -0.05) is 36.4 Å². The summed E-state index contributed by atoms with van der Waals surface area (Å²) in [5, 5.41) is 1.89. The van der Waals surface area contributed by atoms with Crippen LogP contribution in [-0.4, -0.2) is 16.1 Å². The van der Waals surface area contributed by atoms with Crippen LogP contribution in [0.1, 0.15) is 20.0 Å². The number of Topliss-reactive ketones (excluding diaryl/α,β-unsaturated/α-hetero) is 2. The first-order valence-electron chi connectivity index (χ1n) is 6.92. The number of thiophene rings is 1. The molecule has 3 rings (SSSR count). The van der Waals surface area contributed by atoms with Crippen LogP contribution >= 0.6 is 11.3 Å². The van der Waals surface area contributed by atoms with E-state index in [0.29, 0.717) is 5.56 Å². The molecule has 0 aliphatic carbocycles. The van der Waals surface area contributed by atoms with Gasteiger partial charge in [0.25, 0.3) is 0 Å². The molecule has 0 fully saturated rings. The monoisotopic (exact) mass is 311 g/mol. The van der Waals surface area contributed by atoms with E-state index >= 15 is 0 Å². The van der Waals surface area contributed by atoms with Crippen LogP contribution in [0.5, 0.6) is 0 Å². The number of benzene rings is 1. The van der Waals surface area contributed by atoms with Crippen LogP contribution in [0.3, 0.4) is 0 Å². The fourth-order valence-electron chi connectivity index (χ4n) is 2.19. The van der Waals surface area contributed by atoms with Crippen molar-refractivity contribution in [2.75, 3.05) is 0 Å². The van der Waals surface area contributed by atoms with Crippen molar-refractivity contribution in [3.8, 4) is 0 Å². The van der Waals surface area contributed by atoms with Crippen LogP contribution in [0.15, 0.2) is 66.6 Å². The smallest absolute Gasteiger partial charge is 0.244 e. The van der Waals surface area contributed by atoms with Gasteiger partial charge in [0, 0.05) is 5.56 Å². The van der Waals surface area contributed by atoms with Crippen molar-refractivity contribution in [2.24, 2.45) is 0 Å². The molecule has 22 heavy (non-hydrogen) atoms. The van der Waals surface area contributed by atoms with E-state index in [1.54, 1.807) is 27.6 Å². The Labute approximate surface area is 132 Å². The Morgan fingerprint density at radius 3 is 2.59 bits per heavy atom. The first kappa shape index (κ1) is 14.4. The minimum atomic E-state index is 0.0490. The molecule has 0 aliphatic rings. The quantitative estimate of drug-likeness (QED) is 0.519. The average molecular weight is 311 g/mol. The van der Waals surface area contributed by atoms with Gasteiger partial charge in [0.1, 0.15) is 12.4 Å². The van der Waals surface area contributed by atoms with Crippen molar-refractivity contribution in [3.05, 3.63) is 77.0 Å². The summed E-state index contributed by atoms with van der Waals surface area (Å²) in [4.78, 5) is 24.9. The second kappa shape index (κ2) is 6.49. The van der Waals surface area contributed by atoms with Crippen molar-refractivity contribution in [1.29, 1.82) is 0 Å². The van der Waals surface area contributed by atoms with Gasteiger partial charge >= 0.3 is 0 Å². The maximum absolute atomic E-state index is 12.1. The number of nitrogens with zero attached hydrogens (tertiary/aromatic N) is 2. The molecular formula is C17H15N2O2S+. The molecule has 2 aromatic heterocycles. The first-order chi connectivity index (χ1) is 10.7. The average Bonchev–Trinajstić information content (AvgIpc) is 3.20.